The highest BCUT2D eigenvalue weighted by Crippen LogP contribution is 2.38. The summed E-state index contributed by atoms with van der Waals surface area (Å²) in [6, 6.07) is 5.24. The molecular weight excluding hydrogens is 479 g/mol. The highest BCUT2D eigenvalue weighted by atomic mass is 32.2. The van der Waals surface area contributed by atoms with Gasteiger partial charge in [-0.2, -0.15) is 0 Å². The Morgan fingerprint density at radius 3 is 2.37 bits per heavy atom. The zero-order valence-corrected chi connectivity index (χ0v) is 20.6. The maximum Gasteiger partial charge on any atom is 0.243 e. The molecule has 1 aliphatic heterocycles. The first-order valence-corrected chi connectivity index (χ1v) is 12.5. The molecule has 1 N–H and O–H groups in total. The lowest BCUT2D eigenvalue weighted by molar-refractivity contribution is 0.193. The van der Waals surface area contributed by atoms with Gasteiger partial charge in [-0.1, -0.05) is 13.0 Å². The van der Waals surface area contributed by atoms with Crippen molar-refractivity contribution in [3.63, 3.8) is 0 Å². The number of aromatic nitrogens is 5. The van der Waals surface area contributed by atoms with Gasteiger partial charge in [-0.3, -0.25) is 9.29 Å². The van der Waals surface area contributed by atoms with Crippen LogP contribution in [0.3, 0.4) is 0 Å². The molecule has 0 radical (unpaired) electrons. The molecule has 0 bridgehead atoms. The molecule has 11 nitrogen and oxygen atoms in total. The maximum atomic E-state index is 13.4. The predicted molar refractivity (Wildman–Crippen MR) is 125 cm³/mol. The molecule has 3 heterocycles. The van der Waals surface area contributed by atoms with E-state index in [0.29, 0.717) is 42.6 Å². The van der Waals surface area contributed by atoms with Crippen LogP contribution in [-0.2, 0) is 14.8 Å². The monoisotopic (exact) mass is 506 g/mol. The van der Waals surface area contributed by atoms with Gasteiger partial charge in [-0.05, 0) is 25.5 Å². The van der Waals surface area contributed by atoms with Crippen molar-refractivity contribution >= 4 is 16.0 Å². The molecule has 0 saturated carbocycles. The van der Waals surface area contributed by atoms with Gasteiger partial charge in [0.25, 0.3) is 0 Å². The summed E-state index contributed by atoms with van der Waals surface area (Å²) < 4.78 is 60.8. The molecule has 1 aromatic carbocycles. The number of benzene rings is 1. The van der Waals surface area contributed by atoms with Gasteiger partial charge < -0.3 is 14.2 Å². The van der Waals surface area contributed by atoms with E-state index in [9.17, 15) is 12.8 Å². The Balaban J connectivity index is 1.76. The molecular formula is C22H27FN6O5S. The van der Waals surface area contributed by atoms with Crippen molar-refractivity contribution in [3.8, 4) is 17.2 Å². The van der Waals surface area contributed by atoms with Crippen LogP contribution >= 0.6 is 0 Å². The summed E-state index contributed by atoms with van der Waals surface area (Å²) in [5.41, 5.74) is 0.463. The van der Waals surface area contributed by atoms with Crippen LogP contribution in [0.2, 0.25) is 0 Å². The molecule has 4 rings (SSSR count). The lowest BCUT2D eigenvalue weighted by atomic mass is 10.1. The van der Waals surface area contributed by atoms with Crippen LogP contribution in [0.15, 0.2) is 30.6 Å². The smallest absolute Gasteiger partial charge is 0.243 e. The van der Waals surface area contributed by atoms with Crippen LogP contribution in [0.25, 0.3) is 5.69 Å². The van der Waals surface area contributed by atoms with Crippen molar-refractivity contribution < 1.29 is 27.0 Å². The molecule has 2 unspecified atom stereocenters. The Labute approximate surface area is 202 Å². The van der Waals surface area contributed by atoms with Crippen molar-refractivity contribution in [1.82, 2.24) is 24.7 Å². The number of methoxy groups -OCH3 is 2. The molecule has 35 heavy (non-hydrogen) atoms. The third kappa shape index (κ3) is 4.91. The van der Waals surface area contributed by atoms with Gasteiger partial charge in [0.05, 0.1) is 38.5 Å². The maximum absolute atomic E-state index is 13.4. The number of nitrogens with zero attached hydrogens (tertiary/aromatic N) is 5. The van der Waals surface area contributed by atoms with Gasteiger partial charge in [-0.15, -0.1) is 10.2 Å². The molecule has 3 aromatic rings. The van der Waals surface area contributed by atoms with Crippen LogP contribution in [0.1, 0.15) is 43.8 Å². The van der Waals surface area contributed by atoms with Crippen LogP contribution in [0, 0.1) is 5.82 Å². The topological polar surface area (TPSA) is 130 Å². The fourth-order valence-corrected chi connectivity index (χ4v) is 5.13. The molecule has 2 aromatic heterocycles. The van der Waals surface area contributed by atoms with Gasteiger partial charge in [0.2, 0.25) is 16.0 Å². The third-order valence-corrected chi connectivity index (χ3v) is 7.94. The predicted octanol–water partition coefficient (Wildman–Crippen LogP) is 2.65. The average Bonchev–Trinajstić information content (AvgIpc) is 3.52. The molecule has 0 amide bonds. The standard InChI is InChI=1S/C22H27FN6O5S/c1-13(20-24-10-16(23)11-25-20)14(2)35(30,31)28-22-27-26-21(15-8-9-34-12-15)29(22)19-17(32-3)6-5-7-18(19)33-4/h5-7,10-11,13-15H,8-9,12H2,1-4H3,(H,27,28)/t13?,14?,15-/m0/s1. The highest BCUT2D eigenvalue weighted by molar-refractivity contribution is 7.93. The van der Waals surface area contributed by atoms with E-state index in [2.05, 4.69) is 24.9 Å². The summed E-state index contributed by atoms with van der Waals surface area (Å²) in [6.07, 6.45) is 2.72. The van der Waals surface area contributed by atoms with E-state index >= 15 is 0 Å². The SMILES string of the molecule is COc1cccc(OC)c1-n1c(NS(=O)(=O)C(C)C(C)c2ncc(F)cn2)nnc1[C@H]1CCOC1. The fourth-order valence-electron chi connectivity index (χ4n) is 3.89. The Hall–Kier alpha value is -3.32. The van der Waals surface area contributed by atoms with Gasteiger partial charge in [0.1, 0.15) is 28.8 Å². The number of ether oxygens (including phenoxy) is 3. The lowest BCUT2D eigenvalue weighted by Crippen LogP contribution is -2.31. The number of hydrogen-bond acceptors (Lipinski definition) is 9. The lowest BCUT2D eigenvalue weighted by Gasteiger charge is -2.22. The first kappa shape index (κ1) is 24.8. The number of anilines is 1. The van der Waals surface area contributed by atoms with Crippen LogP contribution in [0.4, 0.5) is 10.3 Å². The summed E-state index contributed by atoms with van der Waals surface area (Å²) in [5.74, 6) is 0.279. The second-order valence-corrected chi connectivity index (χ2v) is 10.2. The average molecular weight is 507 g/mol. The molecule has 1 aliphatic rings. The van der Waals surface area contributed by atoms with Crippen LogP contribution in [0.5, 0.6) is 11.5 Å². The molecule has 13 heteroatoms. The van der Waals surface area contributed by atoms with E-state index in [0.717, 1.165) is 12.4 Å². The summed E-state index contributed by atoms with van der Waals surface area (Å²) in [5, 5.41) is 7.51. The fraction of sp³-hybridized carbons (Fsp3) is 0.455. The summed E-state index contributed by atoms with van der Waals surface area (Å²) in [7, 11) is -0.988. The molecule has 1 fully saturated rings. The minimum Gasteiger partial charge on any atom is -0.494 e. The minimum absolute atomic E-state index is 0.0197. The first-order valence-electron chi connectivity index (χ1n) is 11.0. The van der Waals surface area contributed by atoms with Crippen molar-refractivity contribution in [2.75, 3.05) is 32.2 Å². The molecule has 188 valence electrons. The Morgan fingerprint density at radius 1 is 1.14 bits per heavy atom. The van der Waals surface area contributed by atoms with Crippen LogP contribution < -0.4 is 14.2 Å². The minimum atomic E-state index is -4.01. The van der Waals surface area contributed by atoms with Crippen molar-refractivity contribution in [2.24, 2.45) is 0 Å². The van der Waals surface area contributed by atoms with Crippen molar-refractivity contribution in [2.45, 2.75) is 37.4 Å². The Bertz CT molecular complexity index is 1260. The largest absolute Gasteiger partial charge is 0.494 e. The van der Waals surface area contributed by atoms with E-state index < -0.39 is 27.0 Å². The highest BCUT2D eigenvalue weighted by Gasteiger charge is 2.34. The van der Waals surface area contributed by atoms with Gasteiger partial charge in [0, 0.05) is 18.4 Å². The molecule has 3 atom stereocenters. The third-order valence-electron chi connectivity index (χ3n) is 6.08. The number of sulfonamides is 1. The second kappa shape index (κ2) is 10.1. The number of rotatable bonds is 9. The quantitative estimate of drug-likeness (QED) is 0.465. The zero-order chi connectivity index (χ0) is 25.2. The number of hydrogen-bond donors (Lipinski definition) is 1. The number of para-hydroxylation sites is 1. The summed E-state index contributed by atoms with van der Waals surface area (Å²) in [6.45, 7) is 4.17. The molecule has 0 spiro atoms. The Kier molecular flexibility index (Phi) is 7.17. The van der Waals surface area contributed by atoms with E-state index in [1.54, 1.807) is 29.7 Å². The van der Waals surface area contributed by atoms with Crippen molar-refractivity contribution in [3.05, 3.63) is 48.1 Å². The first-order chi connectivity index (χ1) is 16.8. The number of halogens is 1. The summed E-state index contributed by atoms with van der Waals surface area (Å²) in [4.78, 5) is 7.86. The van der Waals surface area contributed by atoms with Crippen LogP contribution in [-0.4, -0.2) is 65.8 Å². The van der Waals surface area contributed by atoms with Gasteiger partial charge in [-0.25, -0.2) is 22.8 Å². The number of nitrogens with one attached hydrogen (secondary N) is 1. The molecule has 1 saturated heterocycles. The Morgan fingerprint density at radius 2 is 1.80 bits per heavy atom. The normalized spacial score (nSPS) is 17.7. The summed E-state index contributed by atoms with van der Waals surface area (Å²) >= 11 is 0. The van der Waals surface area contributed by atoms with Gasteiger partial charge in [0.15, 0.2) is 5.82 Å². The van der Waals surface area contributed by atoms with Crippen molar-refractivity contribution in [1.29, 1.82) is 0 Å². The van der Waals surface area contributed by atoms with E-state index in [1.165, 1.54) is 21.1 Å². The molecule has 0 aliphatic carbocycles. The van der Waals surface area contributed by atoms with E-state index in [-0.39, 0.29) is 17.7 Å². The van der Waals surface area contributed by atoms with E-state index in [1.807, 2.05) is 0 Å². The zero-order valence-electron chi connectivity index (χ0n) is 19.8. The second-order valence-electron chi connectivity index (χ2n) is 8.19. The van der Waals surface area contributed by atoms with E-state index in [4.69, 9.17) is 14.2 Å². The van der Waals surface area contributed by atoms with Gasteiger partial charge >= 0.3 is 0 Å².